The van der Waals surface area contributed by atoms with Gasteiger partial charge in [0.2, 0.25) is 5.82 Å². The van der Waals surface area contributed by atoms with Crippen molar-refractivity contribution in [2.45, 2.75) is 18.5 Å². The molecule has 26 heavy (non-hydrogen) atoms. The monoisotopic (exact) mass is 404 g/mol. The molecule has 0 unspecified atom stereocenters. The van der Waals surface area contributed by atoms with E-state index in [0.29, 0.717) is 0 Å². The third kappa shape index (κ3) is 4.35. The fourth-order valence-electron chi connectivity index (χ4n) is 1.48. The van der Waals surface area contributed by atoms with Gasteiger partial charge in [-0.3, -0.25) is 0 Å². The summed E-state index contributed by atoms with van der Waals surface area (Å²) in [6.07, 6.45) is -17.7. The van der Waals surface area contributed by atoms with Gasteiger partial charge >= 0.3 is 18.3 Å². The Labute approximate surface area is 135 Å². The van der Waals surface area contributed by atoms with Gasteiger partial charge in [-0.15, -0.1) is 0 Å². The van der Waals surface area contributed by atoms with Crippen LogP contribution in [0, 0.1) is 29.1 Å². The van der Waals surface area contributed by atoms with E-state index in [1.807, 2.05) is 0 Å². The molecule has 146 valence electrons. The van der Waals surface area contributed by atoms with Crippen LogP contribution < -0.4 is 0 Å². The van der Waals surface area contributed by atoms with E-state index in [4.69, 9.17) is 0 Å². The molecule has 0 aromatic heterocycles. The summed E-state index contributed by atoms with van der Waals surface area (Å²) in [5.41, 5.74) is -2.16. The number of ether oxygens (including phenoxy) is 1. The van der Waals surface area contributed by atoms with Crippen LogP contribution in [0.5, 0.6) is 0 Å². The van der Waals surface area contributed by atoms with Crippen LogP contribution in [0.25, 0.3) is 5.76 Å². The van der Waals surface area contributed by atoms with Crippen molar-refractivity contribution in [2.24, 2.45) is 0 Å². The van der Waals surface area contributed by atoms with Gasteiger partial charge in [0, 0.05) is 0 Å². The van der Waals surface area contributed by atoms with Crippen LogP contribution in [0.1, 0.15) is 5.56 Å². The van der Waals surface area contributed by atoms with E-state index in [9.17, 15) is 58.2 Å². The van der Waals surface area contributed by atoms with Gasteiger partial charge in [0.15, 0.2) is 23.3 Å². The molecule has 0 spiro atoms. The average Bonchev–Trinajstić information content (AvgIpc) is 2.46. The number of hydrogen-bond donors (Lipinski definition) is 1. The minimum Gasteiger partial charge on any atom is -0.507 e. The number of aliphatic hydroxyl groups is 1. The van der Waals surface area contributed by atoms with Crippen LogP contribution in [0.15, 0.2) is 6.08 Å². The average molecular weight is 404 g/mol. The lowest BCUT2D eigenvalue weighted by Crippen LogP contribution is -2.45. The lowest BCUT2D eigenvalue weighted by atomic mass is 10.1. The SMILES string of the molecule is O=C(/C=C(\O)c1c(F)c(F)c(F)c(F)c1F)OC(C(F)(F)F)C(F)(F)F. The largest absolute Gasteiger partial charge is 0.507 e. The van der Waals surface area contributed by atoms with E-state index < -0.39 is 70.9 Å². The first-order valence-electron chi connectivity index (χ1n) is 5.85. The van der Waals surface area contributed by atoms with Crippen LogP contribution >= 0.6 is 0 Å². The summed E-state index contributed by atoms with van der Waals surface area (Å²) in [6.45, 7) is 0. The maximum absolute atomic E-state index is 13.3. The van der Waals surface area contributed by atoms with Gasteiger partial charge < -0.3 is 9.84 Å². The van der Waals surface area contributed by atoms with Crippen molar-refractivity contribution in [1.29, 1.82) is 0 Å². The van der Waals surface area contributed by atoms with Crippen LogP contribution in [0.2, 0.25) is 0 Å². The number of esters is 1. The maximum Gasteiger partial charge on any atom is 0.434 e. The zero-order chi connectivity index (χ0) is 20.6. The summed E-state index contributed by atoms with van der Waals surface area (Å²) in [5.74, 6) is -18.0. The number of rotatable bonds is 3. The minimum atomic E-state index is -6.14. The molecule has 1 aromatic carbocycles. The molecule has 0 saturated heterocycles. The van der Waals surface area contributed by atoms with E-state index in [-0.39, 0.29) is 0 Å². The fraction of sp³-hybridized carbons (Fsp3) is 0.250. The Balaban J connectivity index is 3.29. The Bertz CT molecular complexity index is 705. The van der Waals surface area contributed by atoms with E-state index in [2.05, 4.69) is 4.74 Å². The maximum atomic E-state index is 13.3. The zero-order valence-electron chi connectivity index (χ0n) is 11.6. The standard InChI is InChI=1S/C12H3F11O3/c13-5-4(6(14)8(16)9(17)7(5)15)2(24)1-3(25)26-10(11(18,19)20)12(21,22)23/h1,10,24H/b2-1-. The highest BCUT2D eigenvalue weighted by atomic mass is 19.4. The molecule has 1 rings (SSSR count). The predicted octanol–water partition coefficient (Wildman–Crippen LogP) is 4.32. The first-order valence-corrected chi connectivity index (χ1v) is 5.85. The molecule has 0 fully saturated rings. The highest BCUT2D eigenvalue weighted by Crippen LogP contribution is 2.36. The molecule has 3 nitrogen and oxygen atoms in total. The first kappa shape index (κ1) is 21.5. The van der Waals surface area contributed by atoms with Gasteiger partial charge in [0.05, 0.1) is 11.6 Å². The predicted molar refractivity (Wildman–Crippen MR) is 58.8 cm³/mol. The van der Waals surface area contributed by atoms with Crippen molar-refractivity contribution in [3.8, 4) is 0 Å². The molecule has 0 aliphatic carbocycles. The number of aliphatic hydroxyl groups excluding tert-OH is 1. The van der Waals surface area contributed by atoms with Crippen molar-refractivity contribution in [2.75, 3.05) is 0 Å². The van der Waals surface area contributed by atoms with Crippen molar-refractivity contribution in [3.05, 3.63) is 40.7 Å². The topological polar surface area (TPSA) is 46.5 Å². The molecule has 1 aromatic rings. The quantitative estimate of drug-likeness (QED) is 0.204. The zero-order valence-corrected chi connectivity index (χ0v) is 11.6. The van der Waals surface area contributed by atoms with Gasteiger partial charge in [0.1, 0.15) is 5.76 Å². The summed E-state index contributed by atoms with van der Waals surface area (Å²) in [7, 11) is 0. The molecule has 1 N–H and O–H groups in total. The Hall–Kier alpha value is -2.54. The number of hydrogen-bond acceptors (Lipinski definition) is 3. The summed E-state index contributed by atoms with van der Waals surface area (Å²) >= 11 is 0. The highest BCUT2D eigenvalue weighted by Gasteiger charge is 2.59. The number of carbonyl (C=O) groups is 1. The molecular formula is C12H3F11O3. The molecule has 0 amide bonds. The summed E-state index contributed by atoms with van der Waals surface area (Å²) < 4.78 is 141. The van der Waals surface area contributed by atoms with Crippen LogP contribution in [-0.4, -0.2) is 29.5 Å². The molecule has 0 atom stereocenters. The number of carbonyl (C=O) groups excluding carboxylic acids is 1. The number of benzene rings is 1. The Morgan fingerprint density at radius 1 is 0.808 bits per heavy atom. The Morgan fingerprint density at radius 2 is 1.15 bits per heavy atom. The first-order chi connectivity index (χ1) is 11.6. The summed E-state index contributed by atoms with van der Waals surface area (Å²) in [5, 5.41) is 9.17. The molecule has 0 radical (unpaired) electrons. The van der Waals surface area contributed by atoms with E-state index >= 15 is 0 Å². The number of halogens is 11. The van der Waals surface area contributed by atoms with Crippen LogP contribution in [0.3, 0.4) is 0 Å². The smallest absolute Gasteiger partial charge is 0.434 e. The fourth-order valence-corrected chi connectivity index (χ4v) is 1.48. The van der Waals surface area contributed by atoms with Crippen LogP contribution in [-0.2, 0) is 9.53 Å². The van der Waals surface area contributed by atoms with Crippen molar-refractivity contribution >= 4 is 11.7 Å². The highest BCUT2D eigenvalue weighted by molar-refractivity contribution is 5.89. The Morgan fingerprint density at radius 3 is 1.50 bits per heavy atom. The number of alkyl halides is 6. The second-order valence-electron chi connectivity index (χ2n) is 4.37. The van der Waals surface area contributed by atoms with Gasteiger partial charge in [-0.1, -0.05) is 0 Å². The van der Waals surface area contributed by atoms with Crippen LogP contribution in [0.4, 0.5) is 48.3 Å². The second kappa shape index (κ2) is 6.99. The van der Waals surface area contributed by atoms with E-state index in [1.165, 1.54) is 0 Å². The van der Waals surface area contributed by atoms with Crippen molar-refractivity contribution in [3.63, 3.8) is 0 Å². The van der Waals surface area contributed by atoms with Gasteiger partial charge in [-0.2, -0.15) is 26.3 Å². The van der Waals surface area contributed by atoms with Crippen molar-refractivity contribution < 1.29 is 62.9 Å². The third-order valence-corrected chi connectivity index (χ3v) is 2.55. The molecule has 0 bridgehead atoms. The summed E-state index contributed by atoms with van der Waals surface area (Å²) in [6, 6.07) is 0. The lowest BCUT2D eigenvalue weighted by Gasteiger charge is -2.22. The molecular weight excluding hydrogens is 401 g/mol. The van der Waals surface area contributed by atoms with Gasteiger partial charge in [-0.05, 0) is 0 Å². The van der Waals surface area contributed by atoms with E-state index in [1.54, 1.807) is 0 Å². The Kier molecular flexibility index (Phi) is 5.78. The lowest BCUT2D eigenvalue weighted by molar-refractivity contribution is -0.312. The molecule has 0 aliphatic rings. The van der Waals surface area contributed by atoms with Gasteiger partial charge in [-0.25, -0.2) is 26.7 Å². The third-order valence-electron chi connectivity index (χ3n) is 2.55. The van der Waals surface area contributed by atoms with Gasteiger partial charge in [0.25, 0.3) is 6.10 Å². The summed E-state index contributed by atoms with van der Waals surface area (Å²) in [4.78, 5) is 11.0. The van der Waals surface area contributed by atoms with Crippen molar-refractivity contribution in [1.82, 2.24) is 0 Å². The van der Waals surface area contributed by atoms with E-state index in [0.717, 1.165) is 0 Å². The minimum absolute atomic E-state index is 0.719. The molecule has 0 aliphatic heterocycles. The molecule has 0 heterocycles. The molecule has 0 saturated carbocycles. The normalized spacial score (nSPS) is 13.3. The molecule has 14 heteroatoms. The second-order valence-corrected chi connectivity index (χ2v) is 4.37.